The molecule has 1 aliphatic rings. The molecule has 0 saturated carbocycles. The lowest BCUT2D eigenvalue weighted by molar-refractivity contribution is 0.337. The van der Waals surface area contributed by atoms with E-state index in [9.17, 15) is 5.11 Å². The molecule has 2 N–H and O–H groups in total. The highest BCUT2D eigenvalue weighted by Crippen LogP contribution is 2.47. The minimum atomic E-state index is 0.105. The highest BCUT2D eigenvalue weighted by atomic mass is 35.5. The average molecular weight is 302 g/mol. The molecule has 21 heavy (non-hydrogen) atoms. The Labute approximate surface area is 130 Å². The second kappa shape index (κ2) is 4.96. The smallest absolute Gasteiger partial charge is 0.120 e. The minimum absolute atomic E-state index is 0.105. The van der Waals surface area contributed by atoms with Gasteiger partial charge in [-0.05, 0) is 53.6 Å². The number of halogens is 1. The summed E-state index contributed by atoms with van der Waals surface area (Å²) in [6.45, 7) is 6.41. The first kappa shape index (κ1) is 14.3. The van der Waals surface area contributed by atoms with Gasteiger partial charge in [0.2, 0.25) is 0 Å². The minimum Gasteiger partial charge on any atom is -0.508 e. The zero-order valence-corrected chi connectivity index (χ0v) is 13.3. The van der Waals surface area contributed by atoms with E-state index in [1.54, 1.807) is 6.07 Å². The molecule has 0 heterocycles. The van der Waals surface area contributed by atoms with E-state index in [1.807, 2.05) is 25.1 Å². The number of benzene rings is 2. The van der Waals surface area contributed by atoms with Crippen LogP contribution in [0.4, 0.5) is 5.69 Å². The van der Waals surface area contributed by atoms with Crippen LogP contribution in [-0.2, 0) is 6.42 Å². The topological polar surface area (TPSA) is 32.3 Å². The van der Waals surface area contributed by atoms with Gasteiger partial charge in [-0.2, -0.15) is 0 Å². The molecule has 0 saturated heterocycles. The Morgan fingerprint density at radius 3 is 2.67 bits per heavy atom. The normalized spacial score (nSPS) is 19.3. The lowest BCUT2D eigenvalue weighted by atomic mass is 9.85. The quantitative estimate of drug-likeness (QED) is 0.810. The van der Waals surface area contributed by atoms with Crippen molar-refractivity contribution in [2.24, 2.45) is 5.41 Å². The van der Waals surface area contributed by atoms with E-state index in [0.717, 1.165) is 22.7 Å². The van der Waals surface area contributed by atoms with Gasteiger partial charge in [-0.15, -0.1) is 0 Å². The Morgan fingerprint density at radius 1 is 1.19 bits per heavy atom. The number of aryl methyl sites for hydroxylation is 1. The van der Waals surface area contributed by atoms with Crippen LogP contribution in [-0.4, -0.2) is 5.11 Å². The van der Waals surface area contributed by atoms with E-state index in [0.29, 0.717) is 5.75 Å². The van der Waals surface area contributed by atoms with E-state index >= 15 is 0 Å². The molecule has 0 bridgehead atoms. The Morgan fingerprint density at radius 2 is 1.95 bits per heavy atom. The maximum atomic E-state index is 9.88. The molecular formula is C18H20ClNO. The van der Waals surface area contributed by atoms with Crippen molar-refractivity contribution in [2.75, 3.05) is 5.32 Å². The molecule has 1 unspecified atom stereocenters. The fraction of sp³-hybridized carbons (Fsp3) is 0.333. The van der Waals surface area contributed by atoms with Gasteiger partial charge in [-0.25, -0.2) is 0 Å². The SMILES string of the molecule is Cc1ccc(NC2c3cc(Cl)ccc3CC2(C)C)cc1O. The number of nitrogens with one attached hydrogen (secondary N) is 1. The molecule has 0 fully saturated rings. The van der Waals surface area contributed by atoms with Crippen LogP contribution in [0.3, 0.4) is 0 Å². The molecule has 0 amide bonds. The summed E-state index contributed by atoms with van der Waals surface area (Å²) in [6, 6.07) is 12.0. The molecule has 2 nitrogen and oxygen atoms in total. The van der Waals surface area contributed by atoms with E-state index in [-0.39, 0.29) is 11.5 Å². The summed E-state index contributed by atoms with van der Waals surface area (Å²) >= 11 is 6.16. The molecule has 0 aliphatic heterocycles. The fourth-order valence-corrected chi connectivity index (χ4v) is 3.33. The monoisotopic (exact) mass is 301 g/mol. The van der Waals surface area contributed by atoms with Gasteiger partial charge in [-0.3, -0.25) is 0 Å². The van der Waals surface area contributed by atoms with Crippen LogP contribution < -0.4 is 5.32 Å². The molecule has 2 aromatic carbocycles. The van der Waals surface area contributed by atoms with E-state index in [4.69, 9.17) is 11.6 Å². The summed E-state index contributed by atoms with van der Waals surface area (Å²) in [6.07, 6.45) is 1.02. The van der Waals surface area contributed by atoms with Gasteiger partial charge < -0.3 is 10.4 Å². The summed E-state index contributed by atoms with van der Waals surface area (Å²) in [5, 5.41) is 14.2. The fourth-order valence-electron chi connectivity index (χ4n) is 3.15. The summed E-state index contributed by atoms with van der Waals surface area (Å²) in [7, 11) is 0. The van der Waals surface area contributed by atoms with E-state index in [1.165, 1.54) is 11.1 Å². The van der Waals surface area contributed by atoms with Crippen LogP contribution in [0.1, 0.15) is 36.6 Å². The Kier molecular flexibility index (Phi) is 3.37. The summed E-state index contributed by atoms with van der Waals surface area (Å²) in [4.78, 5) is 0. The van der Waals surface area contributed by atoms with Crippen LogP contribution in [0, 0.1) is 12.3 Å². The maximum Gasteiger partial charge on any atom is 0.120 e. The number of rotatable bonds is 2. The number of fused-ring (bicyclic) bond motifs is 1. The lowest BCUT2D eigenvalue weighted by Gasteiger charge is -2.29. The van der Waals surface area contributed by atoms with Gasteiger partial charge >= 0.3 is 0 Å². The molecular weight excluding hydrogens is 282 g/mol. The number of phenolic OH excluding ortho intramolecular Hbond substituents is 1. The molecule has 2 aromatic rings. The number of anilines is 1. The zero-order valence-electron chi connectivity index (χ0n) is 12.6. The molecule has 0 spiro atoms. The lowest BCUT2D eigenvalue weighted by Crippen LogP contribution is -2.24. The zero-order chi connectivity index (χ0) is 15.2. The van der Waals surface area contributed by atoms with Crippen LogP contribution in [0.15, 0.2) is 36.4 Å². The molecule has 0 aromatic heterocycles. The molecule has 3 heteroatoms. The molecule has 1 aliphatic carbocycles. The number of hydrogen-bond donors (Lipinski definition) is 2. The predicted octanol–water partition coefficient (Wildman–Crippen LogP) is 5.09. The third-order valence-electron chi connectivity index (χ3n) is 4.37. The van der Waals surface area contributed by atoms with Crippen molar-refractivity contribution in [1.82, 2.24) is 0 Å². The van der Waals surface area contributed by atoms with E-state index < -0.39 is 0 Å². The van der Waals surface area contributed by atoms with Gasteiger partial charge in [0.05, 0.1) is 6.04 Å². The van der Waals surface area contributed by atoms with Gasteiger partial charge in [0.25, 0.3) is 0 Å². The highest BCUT2D eigenvalue weighted by Gasteiger charge is 2.39. The molecule has 0 radical (unpaired) electrons. The maximum absolute atomic E-state index is 9.88. The summed E-state index contributed by atoms with van der Waals surface area (Å²) in [5.41, 5.74) is 4.53. The molecule has 110 valence electrons. The van der Waals surface area contributed by atoms with Crippen molar-refractivity contribution < 1.29 is 5.11 Å². The average Bonchev–Trinajstić information content (AvgIpc) is 2.65. The third kappa shape index (κ3) is 2.60. The van der Waals surface area contributed by atoms with E-state index in [2.05, 4.69) is 31.3 Å². The van der Waals surface area contributed by atoms with Gasteiger partial charge in [0.15, 0.2) is 0 Å². The first-order chi connectivity index (χ1) is 9.87. The van der Waals surface area contributed by atoms with Crippen LogP contribution in [0.25, 0.3) is 0 Å². The predicted molar refractivity (Wildman–Crippen MR) is 88.1 cm³/mol. The highest BCUT2D eigenvalue weighted by molar-refractivity contribution is 6.30. The number of hydrogen-bond acceptors (Lipinski definition) is 2. The van der Waals surface area contributed by atoms with Crippen molar-refractivity contribution in [2.45, 2.75) is 33.2 Å². The molecule has 3 rings (SSSR count). The first-order valence-corrected chi connectivity index (χ1v) is 7.59. The largest absolute Gasteiger partial charge is 0.508 e. The van der Waals surface area contributed by atoms with Crippen LogP contribution in [0.5, 0.6) is 5.75 Å². The standard InChI is InChI=1S/C18H20ClNO/c1-11-4-7-14(9-16(11)21)20-17-15-8-13(19)6-5-12(15)10-18(17,2)3/h4-9,17,20-21H,10H2,1-3H3. The van der Waals surface area contributed by atoms with Crippen molar-refractivity contribution in [3.8, 4) is 5.75 Å². The van der Waals surface area contributed by atoms with Gasteiger partial charge in [0, 0.05) is 16.8 Å². The number of phenols is 1. The summed E-state index contributed by atoms with van der Waals surface area (Å²) < 4.78 is 0. The second-order valence-corrected chi connectivity index (χ2v) is 7.02. The van der Waals surface area contributed by atoms with Crippen LogP contribution >= 0.6 is 11.6 Å². The Bertz CT molecular complexity index is 694. The van der Waals surface area contributed by atoms with Crippen LogP contribution in [0.2, 0.25) is 5.02 Å². The van der Waals surface area contributed by atoms with Crippen molar-refractivity contribution in [1.29, 1.82) is 0 Å². The van der Waals surface area contributed by atoms with Gasteiger partial charge in [-0.1, -0.05) is 37.6 Å². The molecule has 1 atom stereocenters. The summed E-state index contributed by atoms with van der Waals surface area (Å²) in [5.74, 6) is 0.321. The number of aromatic hydroxyl groups is 1. The third-order valence-corrected chi connectivity index (χ3v) is 4.60. The second-order valence-electron chi connectivity index (χ2n) is 6.59. The first-order valence-electron chi connectivity index (χ1n) is 7.21. The van der Waals surface area contributed by atoms with Crippen molar-refractivity contribution >= 4 is 17.3 Å². The van der Waals surface area contributed by atoms with Gasteiger partial charge in [0.1, 0.15) is 5.75 Å². The Balaban J connectivity index is 1.97. The van der Waals surface area contributed by atoms with Crippen molar-refractivity contribution in [3.05, 3.63) is 58.1 Å². The van der Waals surface area contributed by atoms with Crippen molar-refractivity contribution in [3.63, 3.8) is 0 Å². The Hall–Kier alpha value is -1.67.